The van der Waals surface area contributed by atoms with Crippen molar-refractivity contribution in [3.8, 4) is 0 Å². The molecule has 0 aliphatic rings. The van der Waals surface area contributed by atoms with Crippen molar-refractivity contribution in [3.63, 3.8) is 0 Å². The lowest BCUT2D eigenvalue weighted by Gasteiger charge is -2.27. The average Bonchev–Trinajstić information content (AvgIpc) is 2.81. The Balaban J connectivity index is 1.85. The number of para-hydroxylation sites is 1. The van der Waals surface area contributed by atoms with Crippen LogP contribution in [-0.4, -0.2) is 0 Å². The summed E-state index contributed by atoms with van der Waals surface area (Å²) in [5.41, 5.74) is 0.623. The minimum Gasteiger partial charge on any atom is -0.312 e. The maximum Gasteiger partial charge on any atom is 0.329 e. The Labute approximate surface area is 176 Å². The summed E-state index contributed by atoms with van der Waals surface area (Å²) in [5, 5.41) is 4.45. The second-order valence-electron chi connectivity index (χ2n) is 6.67. The van der Waals surface area contributed by atoms with Gasteiger partial charge < -0.3 is 5.09 Å². The van der Waals surface area contributed by atoms with Gasteiger partial charge in [0, 0.05) is 16.3 Å². The van der Waals surface area contributed by atoms with Crippen LogP contribution >= 0.6 is 14.9 Å². The van der Waals surface area contributed by atoms with Gasteiger partial charge in [0.1, 0.15) is 0 Å². The van der Waals surface area contributed by atoms with E-state index < -0.39 is 14.9 Å². The number of anilines is 1. The Morgan fingerprint density at radius 1 is 0.500 bits per heavy atom. The highest BCUT2D eigenvalue weighted by molar-refractivity contribution is 7.84. The van der Waals surface area contributed by atoms with Crippen molar-refractivity contribution in [2.45, 2.75) is 0 Å². The summed E-state index contributed by atoms with van der Waals surface area (Å²) in [6, 6.07) is 35.8. The molecule has 1 unspecified atom stereocenters. The van der Waals surface area contributed by atoms with Crippen molar-refractivity contribution in [2.24, 2.45) is 0 Å². The first-order valence-electron chi connectivity index (χ1n) is 9.52. The largest absolute Gasteiger partial charge is 0.329 e. The summed E-state index contributed by atoms with van der Waals surface area (Å²) in [7, 11) is -7.43. The lowest BCUT2D eigenvalue weighted by atomic mass is 10.3. The van der Waals surface area contributed by atoms with Gasteiger partial charge in [-0.15, -0.1) is 0 Å². The predicted octanol–water partition coefficient (Wildman–Crippen LogP) is 5.56. The summed E-state index contributed by atoms with van der Waals surface area (Å²) in [4.78, 5) is 0. The van der Waals surface area contributed by atoms with Gasteiger partial charge in [0.25, 0.3) is 7.37 Å². The molecule has 30 heavy (non-hydrogen) atoms. The van der Waals surface area contributed by atoms with E-state index >= 15 is 0 Å². The van der Waals surface area contributed by atoms with Crippen molar-refractivity contribution >= 4 is 36.5 Å². The fourth-order valence-corrected chi connectivity index (χ4v) is 8.29. The maximum atomic E-state index is 14.4. The molecule has 4 rings (SSSR count). The zero-order valence-corrected chi connectivity index (χ0v) is 18.0. The monoisotopic (exact) mass is 435 g/mol. The third-order valence-corrected chi connectivity index (χ3v) is 9.89. The smallest absolute Gasteiger partial charge is 0.312 e. The molecule has 0 heterocycles. The summed E-state index contributed by atoms with van der Waals surface area (Å²) < 4.78 is 34.8. The van der Waals surface area contributed by atoms with E-state index in [1.807, 2.05) is 36.4 Å². The predicted molar refractivity (Wildman–Crippen MR) is 125 cm³/mol. The van der Waals surface area contributed by atoms with E-state index in [2.05, 4.69) is 5.09 Å². The molecular weight excluding hydrogens is 414 g/mol. The number of hydrogen-bond acceptors (Lipinski definition) is 3. The van der Waals surface area contributed by atoms with Gasteiger partial charge in [-0.25, -0.2) is 4.31 Å². The van der Waals surface area contributed by atoms with Crippen LogP contribution in [0.1, 0.15) is 0 Å². The van der Waals surface area contributed by atoms with Crippen molar-refractivity contribution < 1.29 is 13.4 Å². The fourth-order valence-electron chi connectivity index (χ4n) is 3.09. The van der Waals surface area contributed by atoms with Gasteiger partial charge >= 0.3 is 7.52 Å². The Hall–Kier alpha value is -2.90. The summed E-state index contributed by atoms with van der Waals surface area (Å²) >= 11 is 0. The molecular formula is C24H21NO3P2. The van der Waals surface area contributed by atoms with Crippen LogP contribution in [0.3, 0.4) is 0 Å². The van der Waals surface area contributed by atoms with E-state index in [1.165, 1.54) is 0 Å². The van der Waals surface area contributed by atoms with Gasteiger partial charge in [0.05, 0.1) is 5.30 Å². The molecule has 0 saturated carbocycles. The lowest BCUT2D eigenvalue weighted by molar-refractivity contribution is 0.482. The van der Waals surface area contributed by atoms with Crippen LogP contribution in [0.25, 0.3) is 0 Å². The van der Waals surface area contributed by atoms with Gasteiger partial charge in [0.2, 0.25) is 0 Å². The Morgan fingerprint density at radius 2 is 0.867 bits per heavy atom. The van der Waals surface area contributed by atoms with Crippen molar-refractivity contribution in [1.82, 2.24) is 0 Å². The molecule has 0 aliphatic carbocycles. The molecule has 4 nitrogen and oxygen atoms in total. The molecule has 1 atom stereocenters. The van der Waals surface area contributed by atoms with Crippen LogP contribution in [0.15, 0.2) is 121 Å². The zero-order chi connectivity index (χ0) is 20.9. The topological polar surface area (TPSA) is 55.4 Å². The fraction of sp³-hybridized carbons (Fsp3) is 0. The quantitative estimate of drug-likeness (QED) is 0.305. The molecule has 0 amide bonds. The molecule has 0 aromatic heterocycles. The third-order valence-electron chi connectivity index (χ3n) is 4.57. The summed E-state index contributed by atoms with van der Waals surface area (Å²) in [6.07, 6.45) is 0. The zero-order valence-electron chi connectivity index (χ0n) is 16.2. The normalized spacial score (nSPS) is 13.3. The molecule has 4 aromatic carbocycles. The SMILES string of the molecule is O=P(Nc1ccccc1)([18O]P(=O)(c1ccccc1)c1ccccc1)c1ccccc1. The first kappa shape index (κ1) is 20.4. The van der Waals surface area contributed by atoms with Crippen LogP contribution in [-0.2, 0) is 13.4 Å². The van der Waals surface area contributed by atoms with E-state index in [-0.39, 0.29) is 0 Å². The maximum absolute atomic E-state index is 14.4. The third kappa shape index (κ3) is 4.32. The molecule has 0 radical (unpaired) electrons. The van der Waals surface area contributed by atoms with Gasteiger partial charge in [-0.05, 0) is 48.5 Å². The van der Waals surface area contributed by atoms with E-state index in [0.29, 0.717) is 21.6 Å². The molecule has 0 saturated heterocycles. The Morgan fingerprint density at radius 3 is 1.30 bits per heavy atom. The number of rotatable bonds is 7. The summed E-state index contributed by atoms with van der Waals surface area (Å²) in [5.74, 6) is 0. The second-order valence-corrected chi connectivity index (χ2v) is 11.3. The minimum atomic E-state index is -3.76. The molecule has 0 spiro atoms. The van der Waals surface area contributed by atoms with E-state index in [4.69, 9.17) is 4.31 Å². The van der Waals surface area contributed by atoms with Crippen molar-refractivity contribution in [1.29, 1.82) is 0 Å². The highest BCUT2D eigenvalue weighted by Gasteiger charge is 2.39. The average molecular weight is 435 g/mol. The van der Waals surface area contributed by atoms with Crippen LogP contribution in [0.4, 0.5) is 5.69 Å². The molecule has 1 N–H and O–H groups in total. The standard InChI is InChI=1S/C24H21NO3P2/c26-29(22-15-7-2-8-16-22,23-17-9-3-10-18-23)28-30(27,24-19-11-4-12-20-24)25-21-13-5-1-6-14-21/h1-20H,(H,25,27)/i28+2. The molecule has 0 aliphatic heterocycles. The van der Waals surface area contributed by atoms with Crippen LogP contribution < -0.4 is 21.0 Å². The van der Waals surface area contributed by atoms with Crippen LogP contribution in [0, 0.1) is 0 Å². The molecule has 0 fully saturated rings. The van der Waals surface area contributed by atoms with Gasteiger partial charge in [-0.2, -0.15) is 0 Å². The molecule has 150 valence electrons. The van der Waals surface area contributed by atoms with Crippen LogP contribution in [0.2, 0.25) is 0 Å². The number of hydrogen-bond donors (Lipinski definition) is 1. The molecule has 0 bridgehead atoms. The minimum absolute atomic E-state index is 0.445. The molecule has 4 aromatic rings. The van der Waals surface area contributed by atoms with Gasteiger partial charge in [0.15, 0.2) is 0 Å². The first-order valence-corrected chi connectivity index (χ1v) is 12.8. The van der Waals surface area contributed by atoms with E-state index in [1.54, 1.807) is 84.9 Å². The lowest BCUT2D eigenvalue weighted by Crippen LogP contribution is -2.22. The second kappa shape index (κ2) is 8.85. The Kier molecular flexibility index (Phi) is 6.01. The Bertz CT molecular complexity index is 1140. The van der Waals surface area contributed by atoms with E-state index in [9.17, 15) is 9.13 Å². The number of nitrogens with one attached hydrogen (secondary N) is 1. The van der Waals surface area contributed by atoms with Gasteiger partial charge in [-0.1, -0.05) is 72.8 Å². The highest BCUT2D eigenvalue weighted by Crippen LogP contribution is 2.61. The van der Waals surface area contributed by atoms with Gasteiger partial charge in [-0.3, -0.25) is 9.13 Å². The number of benzene rings is 4. The summed E-state index contributed by atoms with van der Waals surface area (Å²) in [6.45, 7) is 0. The van der Waals surface area contributed by atoms with Crippen molar-refractivity contribution in [3.05, 3.63) is 121 Å². The highest BCUT2D eigenvalue weighted by atomic mass is 31.3. The van der Waals surface area contributed by atoms with Crippen LogP contribution in [0.5, 0.6) is 0 Å². The van der Waals surface area contributed by atoms with E-state index in [0.717, 1.165) is 0 Å². The molecule has 6 heteroatoms. The first-order chi connectivity index (χ1) is 14.6. The van der Waals surface area contributed by atoms with Crippen molar-refractivity contribution in [2.75, 3.05) is 5.09 Å².